The fourth-order valence-electron chi connectivity index (χ4n) is 4.03. The summed E-state index contributed by atoms with van der Waals surface area (Å²) < 4.78 is 6.11. The number of carbonyl (C=O) groups excluding carboxylic acids is 2. The highest BCUT2D eigenvalue weighted by molar-refractivity contribution is 7.21. The highest BCUT2D eigenvalue weighted by Crippen LogP contribution is 2.40. The van der Waals surface area contributed by atoms with E-state index in [1.807, 2.05) is 23.1 Å². The standard InChI is InChI=1S/C22H25N5O3S/c1-13-16(11-25-22(23)26-13)21(29)27-9-7-14(12-27)18-15-5-3-4-6-17(15)31-19(18)20(28)24-8-10-30-2/h3-6,11,14H,7-10,12H2,1-2H3,(H,24,28)(H2,23,25,26)/t14-/m0/s1. The predicted molar refractivity (Wildman–Crippen MR) is 120 cm³/mol. The lowest BCUT2D eigenvalue weighted by atomic mass is 9.95. The molecule has 2 amide bonds. The average Bonchev–Trinajstić information content (AvgIpc) is 3.38. The summed E-state index contributed by atoms with van der Waals surface area (Å²) in [4.78, 5) is 36.6. The van der Waals surface area contributed by atoms with Crippen molar-refractivity contribution in [3.8, 4) is 0 Å². The number of hydrogen-bond donors (Lipinski definition) is 2. The SMILES string of the molecule is COCCNC(=O)c1sc2ccccc2c1[C@H]1CCN(C(=O)c2cnc(N)nc2C)C1. The molecular formula is C22H25N5O3S. The number of nitrogens with two attached hydrogens (primary N) is 1. The lowest BCUT2D eigenvalue weighted by Crippen LogP contribution is -2.30. The van der Waals surface area contributed by atoms with Gasteiger partial charge in [-0.15, -0.1) is 11.3 Å². The molecule has 9 heteroatoms. The summed E-state index contributed by atoms with van der Waals surface area (Å²) in [5, 5.41) is 4.01. The maximum absolute atomic E-state index is 13.1. The number of methoxy groups -OCH3 is 1. The Morgan fingerprint density at radius 2 is 2.16 bits per heavy atom. The van der Waals surface area contributed by atoms with Crippen LogP contribution in [-0.4, -0.2) is 60.0 Å². The van der Waals surface area contributed by atoms with E-state index in [0.29, 0.717) is 42.4 Å². The van der Waals surface area contributed by atoms with Crippen molar-refractivity contribution in [1.82, 2.24) is 20.2 Å². The molecule has 31 heavy (non-hydrogen) atoms. The molecule has 162 valence electrons. The Morgan fingerprint density at radius 3 is 2.94 bits per heavy atom. The van der Waals surface area contributed by atoms with E-state index in [2.05, 4.69) is 21.4 Å². The topological polar surface area (TPSA) is 110 Å². The van der Waals surface area contributed by atoms with Crippen LogP contribution in [-0.2, 0) is 4.74 Å². The molecule has 1 aromatic carbocycles. The van der Waals surface area contributed by atoms with E-state index in [0.717, 1.165) is 22.1 Å². The molecule has 3 aromatic rings. The molecule has 0 aliphatic carbocycles. The van der Waals surface area contributed by atoms with Crippen LogP contribution in [0.5, 0.6) is 0 Å². The first-order valence-electron chi connectivity index (χ1n) is 10.2. The van der Waals surface area contributed by atoms with E-state index in [-0.39, 0.29) is 23.7 Å². The van der Waals surface area contributed by atoms with Gasteiger partial charge in [-0.2, -0.15) is 0 Å². The highest BCUT2D eigenvalue weighted by Gasteiger charge is 2.33. The summed E-state index contributed by atoms with van der Waals surface area (Å²) in [5.74, 6) is 0.0342. The Balaban J connectivity index is 1.61. The number of thiophene rings is 1. The number of likely N-dealkylation sites (tertiary alicyclic amines) is 1. The van der Waals surface area contributed by atoms with Crippen molar-refractivity contribution >= 4 is 39.2 Å². The van der Waals surface area contributed by atoms with Crippen molar-refractivity contribution in [2.75, 3.05) is 39.1 Å². The predicted octanol–water partition coefficient (Wildman–Crippen LogP) is 2.59. The van der Waals surface area contributed by atoms with Gasteiger partial charge in [-0.25, -0.2) is 9.97 Å². The third-order valence-electron chi connectivity index (χ3n) is 5.54. The first-order chi connectivity index (χ1) is 15.0. The summed E-state index contributed by atoms with van der Waals surface area (Å²) in [5.41, 5.74) is 7.67. The Labute approximate surface area is 184 Å². The highest BCUT2D eigenvalue weighted by atomic mass is 32.1. The number of benzene rings is 1. The van der Waals surface area contributed by atoms with Crippen LogP contribution in [0.2, 0.25) is 0 Å². The second kappa shape index (κ2) is 8.99. The fourth-order valence-corrected chi connectivity index (χ4v) is 5.24. The van der Waals surface area contributed by atoms with Crippen molar-refractivity contribution in [1.29, 1.82) is 0 Å². The monoisotopic (exact) mass is 439 g/mol. The normalized spacial score (nSPS) is 16.1. The van der Waals surface area contributed by atoms with E-state index >= 15 is 0 Å². The molecular weight excluding hydrogens is 414 g/mol. The average molecular weight is 440 g/mol. The van der Waals surface area contributed by atoms with Crippen molar-refractivity contribution in [2.45, 2.75) is 19.3 Å². The number of rotatable bonds is 6. The van der Waals surface area contributed by atoms with Crippen molar-refractivity contribution < 1.29 is 14.3 Å². The second-order valence-electron chi connectivity index (χ2n) is 7.55. The van der Waals surface area contributed by atoms with Crippen LogP contribution in [0.3, 0.4) is 0 Å². The molecule has 0 saturated carbocycles. The van der Waals surface area contributed by atoms with Crippen LogP contribution < -0.4 is 11.1 Å². The molecule has 4 rings (SSSR count). The number of aryl methyl sites for hydroxylation is 1. The van der Waals surface area contributed by atoms with Gasteiger partial charge < -0.3 is 20.7 Å². The lowest BCUT2D eigenvalue weighted by molar-refractivity contribution is 0.0789. The molecule has 0 bridgehead atoms. The Bertz CT molecular complexity index is 1130. The molecule has 3 heterocycles. The van der Waals surface area contributed by atoms with E-state index in [1.165, 1.54) is 17.5 Å². The van der Waals surface area contributed by atoms with Gasteiger partial charge >= 0.3 is 0 Å². The van der Waals surface area contributed by atoms with E-state index in [9.17, 15) is 9.59 Å². The zero-order valence-electron chi connectivity index (χ0n) is 17.6. The Kier molecular flexibility index (Phi) is 6.15. The minimum atomic E-state index is -0.106. The molecule has 0 radical (unpaired) electrons. The van der Waals surface area contributed by atoms with Crippen molar-refractivity contribution in [3.63, 3.8) is 0 Å². The molecule has 1 saturated heterocycles. The zero-order chi connectivity index (χ0) is 22.0. The van der Waals surface area contributed by atoms with Crippen molar-refractivity contribution in [3.05, 3.63) is 52.2 Å². The van der Waals surface area contributed by atoms with Crippen LogP contribution in [0.15, 0.2) is 30.5 Å². The molecule has 8 nitrogen and oxygen atoms in total. The summed E-state index contributed by atoms with van der Waals surface area (Å²) in [7, 11) is 1.61. The lowest BCUT2D eigenvalue weighted by Gasteiger charge is -2.18. The third-order valence-corrected chi connectivity index (χ3v) is 6.73. The molecule has 1 atom stereocenters. The van der Waals surface area contributed by atoms with Gasteiger partial charge in [0.2, 0.25) is 5.95 Å². The third kappa shape index (κ3) is 4.24. The number of nitrogen functional groups attached to an aromatic ring is 1. The molecule has 1 aliphatic heterocycles. The van der Waals surface area contributed by atoms with Gasteiger partial charge in [0, 0.05) is 43.6 Å². The Hall–Kier alpha value is -3.04. The number of anilines is 1. The van der Waals surface area contributed by atoms with Crippen molar-refractivity contribution in [2.24, 2.45) is 0 Å². The van der Waals surface area contributed by atoms with Gasteiger partial charge in [0.1, 0.15) is 0 Å². The number of nitrogens with zero attached hydrogens (tertiary/aromatic N) is 3. The van der Waals surface area contributed by atoms with Gasteiger partial charge in [-0.3, -0.25) is 9.59 Å². The van der Waals surface area contributed by atoms with Gasteiger partial charge in [-0.05, 0) is 30.4 Å². The number of hydrogen-bond acceptors (Lipinski definition) is 7. The van der Waals surface area contributed by atoms with Crippen LogP contribution in [0.4, 0.5) is 5.95 Å². The van der Waals surface area contributed by atoms with Gasteiger partial charge in [0.15, 0.2) is 0 Å². The zero-order valence-corrected chi connectivity index (χ0v) is 18.4. The molecule has 1 fully saturated rings. The maximum Gasteiger partial charge on any atom is 0.261 e. The first kappa shape index (κ1) is 21.2. The number of ether oxygens (including phenoxy) is 1. The summed E-state index contributed by atoms with van der Waals surface area (Å²) >= 11 is 1.50. The van der Waals surface area contributed by atoms with Crippen LogP contribution >= 0.6 is 11.3 Å². The summed E-state index contributed by atoms with van der Waals surface area (Å²) in [6.07, 6.45) is 2.28. The minimum Gasteiger partial charge on any atom is -0.383 e. The van der Waals surface area contributed by atoms with Crippen LogP contribution in [0.1, 0.15) is 43.6 Å². The molecule has 0 unspecified atom stereocenters. The molecule has 1 aliphatic rings. The molecule has 3 N–H and O–H groups in total. The maximum atomic E-state index is 13.1. The van der Waals surface area contributed by atoms with E-state index in [4.69, 9.17) is 10.5 Å². The number of fused-ring (bicyclic) bond motifs is 1. The van der Waals surface area contributed by atoms with Crippen LogP contribution in [0.25, 0.3) is 10.1 Å². The Morgan fingerprint density at radius 1 is 1.35 bits per heavy atom. The quantitative estimate of drug-likeness (QED) is 0.571. The van der Waals surface area contributed by atoms with Crippen LogP contribution in [0, 0.1) is 6.92 Å². The number of carbonyl (C=O) groups is 2. The van der Waals surface area contributed by atoms with E-state index in [1.54, 1.807) is 14.0 Å². The number of aromatic nitrogens is 2. The minimum absolute atomic E-state index is 0.0817. The second-order valence-corrected chi connectivity index (χ2v) is 8.61. The fraction of sp³-hybridized carbons (Fsp3) is 0.364. The summed E-state index contributed by atoms with van der Waals surface area (Å²) in [6, 6.07) is 8.04. The summed E-state index contributed by atoms with van der Waals surface area (Å²) in [6.45, 7) is 3.83. The van der Waals surface area contributed by atoms with Gasteiger partial charge in [0.25, 0.3) is 11.8 Å². The number of nitrogens with one attached hydrogen (secondary N) is 1. The van der Waals surface area contributed by atoms with Gasteiger partial charge in [-0.1, -0.05) is 18.2 Å². The number of amides is 2. The molecule has 2 aromatic heterocycles. The molecule has 0 spiro atoms. The van der Waals surface area contributed by atoms with Gasteiger partial charge in [0.05, 0.1) is 22.7 Å². The first-order valence-corrected chi connectivity index (χ1v) is 11.0. The van der Waals surface area contributed by atoms with E-state index < -0.39 is 0 Å². The smallest absolute Gasteiger partial charge is 0.261 e. The largest absolute Gasteiger partial charge is 0.383 e.